The number of fused-ring (bicyclic) bond motifs is 4. The van der Waals surface area contributed by atoms with Crippen LogP contribution in [0.5, 0.6) is 0 Å². The minimum atomic E-state index is -0.560. The van der Waals surface area contributed by atoms with Gasteiger partial charge in [0, 0.05) is 10.0 Å². The van der Waals surface area contributed by atoms with Gasteiger partial charge in [-0.15, -0.1) is 0 Å². The average Bonchev–Trinajstić information content (AvgIpc) is 3.19. The zero-order valence-corrected chi connectivity index (χ0v) is 33.7. The molecule has 0 spiro atoms. The van der Waals surface area contributed by atoms with Crippen LogP contribution >= 0.6 is 15.9 Å². The van der Waals surface area contributed by atoms with E-state index in [1.807, 2.05) is 75.4 Å². The highest BCUT2D eigenvalue weighted by Crippen LogP contribution is 2.35. The summed E-state index contributed by atoms with van der Waals surface area (Å²) in [6.45, 7) is 10.2. The first-order chi connectivity index (χ1) is 26.4. The summed E-state index contributed by atoms with van der Waals surface area (Å²) < 4.78 is 21.8. The molecule has 0 aromatic heterocycles. The van der Waals surface area contributed by atoms with Gasteiger partial charge in [0.05, 0.1) is 11.8 Å². The number of benzene rings is 6. The molecule has 0 N–H and O–H groups in total. The fourth-order valence-electron chi connectivity index (χ4n) is 5.99. The Labute approximate surface area is 330 Å². The molecule has 0 saturated carbocycles. The van der Waals surface area contributed by atoms with Crippen LogP contribution in [-0.4, -0.2) is 37.1 Å². The zero-order valence-electron chi connectivity index (χ0n) is 32.1. The van der Waals surface area contributed by atoms with Crippen molar-refractivity contribution in [1.82, 2.24) is 0 Å². The van der Waals surface area contributed by atoms with E-state index in [9.17, 15) is 19.2 Å². The maximum atomic E-state index is 12.1. The molecule has 0 saturated heterocycles. The van der Waals surface area contributed by atoms with Crippen molar-refractivity contribution in [2.24, 2.45) is 11.8 Å². The van der Waals surface area contributed by atoms with Gasteiger partial charge in [-0.2, -0.15) is 0 Å². The molecule has 0 amide bonds. The van der Waals surface area contributed by atoms with Gasteiger partial charge in [-0.1, -0.05) is 100 Å². The molecule has 4 atom stereocenters. The van der Waals surface area contributed by atoms with E-state index in [2.05, 4.69) is 64.5 Å². The Kier molecular flexibility index (Phi) is 14.0. The highest BCUT2D eigenvalue weighted by molar-refractivity contribution is 9.10. The van der Waals surface area contributed by atoms with Gasteiger partial charge in [-0.3, -0.25) is 9.59 Å². The predicted octanol–water partition coefficient (Wildman–Crippen LogP) is 11.1. The van der Waals surface area contributed by atoms with Crippen molar-refractivity contribution in [2.45, 2.75) is 66.6 Å². The quantitative estimate of drug-likeness (QED) is 0.0684. The maximum Gasteiger partial charge on any atom is 0.344 e. The van der Waals surface area contributed by atoms with Crippen molar-refractivity contribution in [3.8, 4) is 0 Å². The summed E-state index contributed by atoms with van der Waals surface area (Å²) in [4.78, 5) is 47.4. The van der Waals surface area contributed by atoms with Crippen LogP contribution in [0.2, 0.25) is 0 Å². The van der Waals surface area contributed by atoms with Gasteiger partial charge in [-0.05, 0) is 122 Å². The summed E-state index contributed by atoms with van der Waals surface area (Å²) in [6, 6.07) is 35.0. The smallest absolute Gasteiger partial charge is 0.344 e. The fourth-order valence-corrected chi connectivity index (χ4v) is 6.79. The van der Waals surface area contributed by atoms with Crippen LogP contribution in [0.4, 0.5) is 0 Å². The third kappa shape index (κ3) is 10.5. The Hall–Kier alpha value is -5.28. The zero-order chi connectivity index (χ0) is 39.6. The Morgan fingerprint density at radius 3 is 1.49 bits per heavy atom. The lowest BCUT2D eigenvalue weighted by atomic mass is 10.00. The van der Waals surface area contributed by atoms with Gasteiger partial charge < -0.3 is 18.9 Å². The molecule has 0 aliphatic carbocycles. The molecule has 9 heteroatoms. The average molecular weight is 808 g/mol. The number of esters is 4. The largest absolute Gasteiger partial charge is 0.455 e. The Balaban J connectivity index is 0.000000211. The number of carbonyl (C=O) groups is 4. The summed E-state index contributed by atoms with van der Waals surface area (Å²) in [5.74, 6) is -2.31. The lowest BCUT2D eigenvalue weighted by Gasteiger charge is -2.17. The molecule has 0 aliphatic rings. The standard InChI is InChI=1S/C23H23BrO4.C23H24O4/c1-4-14(2)23(26)27-13-21(25)28-15(3)19-10-9-18-11-16-7-5-6-8-17(16)12-20(18)22(19)24;1-4-15(2)23(25)26-14-22(24)27-16(3)17-9-10-20-12-18-7-5-6-8-19(18)13-21(20)11-17/h5-12,14-15H,4,13H2,1-3H3;5-13,15-16H,4,14H2,1-3H3. The molecular weight excluding hydrogens is 760 g/mol. The summed E-state index contributed by atoms with van der Waals surface area (Å²) >= 11 is 3.67. The molecular formula is C46H47BrO8. The van der Waals surface area contributed by atoms with Crippen LogP contribution < -0.4 is 0 Å². The van der Waals surface area contributed by atoms with Crippen molar-refractivity contribution < 1.29 is 38.1 Å². The molecule has 286 valence electrons. The van der Waals surface area contributed by atoms with Gasteiger partial charge in [0.25, 0.3) is 0 Å². The predicted molar refractivity (Wildman–Crippen MR) is 220 cm³/mol. The molecule has 0 fully saturated rings. The minimum Gasteiger partial charge on any atom is -0.455 e. The highest BCUT2D eigenvalue weighted by atomic mass is 79.9. The summed E-state index contributed by atoms with van der Waals surface area (Å²) in [6.07, 6.45) is 0.453. The third-order valence-electron chi connectivity index (χ3n) is 9.80. The number of halogens is 1. The second-order valence-corrected chi connectivity index (χ2v) is 14.6. The Morgan fingerprint density at radius 1 is 0.527 bits per heavy atom. The van der Waals surface area contributed by atoms with Crippen molar-refractivity contribution >= 4 is 82.9 Å². The molecule has 0 bridgehead atoms. The van der Waals surface area contributed by atoms with Crippen LogP contribution in [0.3, 0.4) is 0 Å². The molecule has 6 rings (SSSR count). The Bertz CT molecular complexity index is 2330. The summed E-state index contributed by atoms with van der Waals surface area (Å²) in [7, 11) is 0. The number of hydrogen-bond donors (Lipinski definition) is 0. The van der Waals surface area contributed by atoms with E-state index in [1.54, 1.807) is 20.8 Å². The van der Waals surface area contributed by atoms with Gasteiger partial charge >= 0.3 is 23.9 Å². The van der Waals surface area contributed by atoms with Gasteiger partial charge in [0.1, 0.15) is 12.2 Å². The number of hydrogen-bond acceptors (Lipinski definition) is 8. The van der Waals surface area contributed by atoms with Gasteiger partial charge in [0.2, 0.25) is 0 Å². The molecule has 4 unspecified atom stereocenters. The molecule has 6 aromatic carbocycles. The Morgan fingerprint density at radius 2 is 0.964 bits per heavy atom. The normalized spacial score (nSPS) is 13.3. The lowest BCUT2D eigenvalue weighted by molar-refractivity contribution is -0.164. The van der Waals surface area contributed by atoms with E-state index >= 15 is 0 Å². The first-order valence-corrected chi connectivity index (χ1v) is 19.4. The van der Waals surface area contributed by atoms with Crippen LogP contribution in [0, 0.1) is 11.8 Å². The minimum absolute atomic E-state index is 0.217. The van der Waals surface area contributed by atoms with E-state index in [0.717, 1.165) is 42.5 Å². The van der Waals surface area contributed by atoms with E-state index in [1.165, 1.54) is 16.2 Å². The molecule has 8 nitrogen and oxygen atoms in total. The fraction of sp³-hybridized carbons (Fsp3) is 0.304. The van der Waals surface area contributed by atoms with E-state index in [4.69, 9.17) is 18.9 Å². The lowest BCUT2D eigenvalue weighted by Crippen LogP contribution is -2.21. The second kappa shape index (κ2) is 18.8. The number of rotatable bonds is 12. The number of ether oxygens (including phenoxy) is 4. The first-order valence-electron chi connectivity index (χ1n) is 18.6. The molecule has 0 heterocycles. The van der Waals surface area contributed by atoms with Crippen molar-refractivity contribution in [3.05, 3.63) is 119 Å². The van der Waals surface area contributed by atoms with Gasteiger partial charge in [0.15, 0.2) is 13.2 Å². The van der Waals surface area contributed by atoms with E-state index < -0.39 is 24.1 Å². The molecule has 55 heavy (non-hydrogen) atoms. The van der Waals surface area contributed by atoms with E-state index in [0.29, 0.717) is 12.8 Å². The monoisotopic (exact) mass is 806 g/mol. The SMILES string of the molecule is CCC(C)C(=O)OCC(=O)OC(C)c1ccc2cc3ccccc3cc2c1.CCC(C)C(=O)OCC(=O)OC(C)c1ccc2cc3ccccc3cc2c1Br. The first kappa shape index (κ1) is 40.9. The third-order valence-corrected chi connectivity index (χ3v) is 10.7. The molecule has 0 radical (unpaired) electrons. The van der Waals surface area contributed by atoms with Crippen LogP contribution in [-0.2, 0) is 38.1 Å². The second-order valence-electron chi connectivity index (χ2n) is 13.8. The van der Waals surface area contributed by atoms with E-state index in [-0.39, 0.29) is 37.0 Å². The molecule has 6 aromatic rings. The summed E-state index contributed by atoms with van der Waals surface area (Å²) in [5, 5.41) is 9.09. The highest BCUT2D eigenvalue weighted by Gasteiger charge is 2.20. The van der Waals surface area contributed by atoms with Crippen molar-refractivity contribution in [3.63, 3.8) is 0 Å². The van der Waals surface area contributed by atoms with Crippen LogP contribution in [0.15, 0.2) is 108 Å². The summed E-state index contributed by atoms with van der Waals surface area (Å²) in [5.41, 5.74) is 1.77. The number of carbonyl (C=O) groups excluding carboxylic acids is 4. The topological polar surface area (TPSA) is 105 Å². The van der Waals surface area contributed by atoms with Crippen LogP contribution in [0.25, 0.3) is 43.1 Å². The van der Waals surface area contributed by atoms with Crippen molar-refractivity contribution in [2.75, 3.05) is 13.2 Å². The molecule has 0 aliphatic heterocycles. The maximum absolute atomic E-state index is 12.1. The van der Waals surface area contributed by atoms with Gasteiger partial charge in [-0.25, -0.2) is 9.59 Å². The van der Waals surface area contributed by atoms with Crippen LogP contribution in [0.1, 0.15) is 77.7 Å². The van der Waals surface area contributed by atoms with Crippen molar-refractivity contribution in [1.29, 1.82) is 0 Å².